The molecule has 0 aliphatic rings. The molecule has 0 heterocycles. The maximum Gasteiger partial charge on any atom is 0.307 e. The SMILES string of the molecule is CCOC(=O)CC(NC(C)C)C(=O)c1cc(OC)ccc1OC. The first-order valence-corrected chi connectivity index (χ1v) is 7.60. The second-order valence-corrected chi connectivity index (χ2v) is 5.31. The van der Waals surface area contributed by atoms with E-state index in [1.54, 1.807) is 25.1 Å². The number of Topliss-reactive ketones (excluding diaryl/α,β-unsaturated/α-hetero) is 1. The van der Waals surface area contributed by atoms with Gasteiger partial charge in [-0.3, -0.25) is 9.59 Å². The van der Waals surface area contributed by atoms with Crippen molar-refractivity contribution in [3.05, 3.63) is 23.8 Å². The third-order valence-electron chi connectivity index (χ3n) is 3.20. The Labute approximate surface area is 137 Å². The highest BCUT2D eigenvalue weighted by Gasteiger charge is 2.27. The van der Waals surface area contributed by atoms with E-state index in [9.17, 15) is 9.59 Å². The van der Waals surface area contributed by atoms with E-state index in [1.807, 2.05) is 13.8 Å². The van der Waals surface area contributed by atoms with Crippen LogP contribution in [0.25, 0.3) is 0 Å². The Bertz CT molecular complexity index is 542. The Hall–Kier alpha value is -2.08. The minimum Gasteiger partial charge on any atom is -0.497 e. The van der Waals surface area contributed by atoms with Gasteiger partial charge in [0, 0.05) is 6.04 Å². The summed E-state index contributed by atoms with van der Waals surface area (Å²) in [7, 11) is 3.02. The van der Waals surface area contributed by atoms with Gasteiger partial charge in [0.05, 0.1) is 38.9 Å². The third-order valence-corrected chi connectivity index (χ3v) is 3.20. The first-order valence-electron chi connectivity index (χ1n) is 7.60. The molecule has 0 aliphatic heterocycles. The van der Waals surface area contributed by atoms with Crippen LogP contribution in [0.1, 0.15) is 37.6 Å². The maximum absolute atomic E-state index is 12.9. The Balaban J connectivity index is 3.10. The van der Waals surface area contributed by atoms with Gasteiger partial charge in [-0.05, 0) is 25.1 Å². The van der Waals surface area contributed by atoms with Gasteiger partial charge in [-0.25, -0.2) is 0 Å². The predicted octanol–water partition coefficient (Wildman–Crippen LogP) is 2.21. The van der Waals surface area contributed by atoms with Crippen molar-refractivity contribution in [2.24, 2.45) is 0 Å². The largest absolute Gasteiger partial charge is 0.497 e. The molecule has 1 unspecified atom stereocenters. The summed E-state index contributed by atoms with van der Waals surface area (Å²) in [5, 5.41) is 3.11. The summed E-state index contributed by atoms with van der Waals surface area (Å²) in [5.74, 6) is 0.340. The third kappa shape index (κ3) is 5.56. The standard InChI is InChI=1S/C17H25NO5/c1-6-23-16(19)10-14(18-11(2)3)17(20)13-9-12(21-4)7-8-15(13)22-5/h7-9,11,14,18H,6,10H2,1-5H3. The highest BCUT2D eigenvalue weighted by atomic mass is 16.5. The monoisotopic (exact) mass is 323 g/mol. The average Bonchev–Trinajstić information content (AvgIpc) is 2.52. The Morgan fingerprint density at radius 1 is 1.17 bits per heavy atom. The average molecular weight is 323 g/mol. The van der Waals surface area contributed by atoms with Crippen LogP contribution < -0.4 is 14.8 Å². The van der Waals surface area contributed by atoms with E-state index in [-0.39, 0.29) is 24.9 Å². The number of rotatable bonds is 9. The van der Waals surface area contributed by atoms with E-state index in [4.69, 9.17) is 14.2 Å². The molecule has 0 aromatic heterocycles. The number of carbonyl (C=O) groups is 2. The fraction of sp³-hybridized carbons (Fsp3) is 0.529. The van der Waals surface area contributed by atoms with Gasteiger partial charge in [0.25, 0.3) is 0 Å². The molecule has 0 saturated carbocycles. The fourth-order valence-corrected chi connectivity index (χ4v) is 2.21. The molecule has 1 N–H and O–H groups in total. The van der Waals surface area contributed by atoms with Crippen molar-refractivity contribution >= 4 is 11.8 Å². The van der Waals surface area contributed by atoms with Crippen LogP contribution in [0.3, 0.4) is 0 Å². The number of carbonyl (C=O) groups excluding carboxylic acids is 2. The lowest BCUT2D eigenvalue weighted by atomic mass is 9.99. The van der Waals surface area contributed by atoms with E-state index < -0.39 is 12.0 Å². The van der Waals surface area contributed by atoms with E-state index in [0.717, 1.165) is 0 Å². The van der Waals surface area contributed by atoms with Crippen molar-refractivity contribution in [1.82, 2.24) is 5.32 Å². The topological polar surface area (TPSA) is 73.9 Å². The number of ether oxygens (including phenoxy) is 3. The zero-order valence-corrected chi connectivity index (χ0v) is 14.3. The van der Waals surface area contributed by atoms with Gasteiger partial charge in [-0.1, -0.05) is 13.8 Å². The summed E-state index contributed by atoms with van der Waals surface area (Å²) in [5.41, 5.74) is 0.370. The minimum absolute atomic E-state index is 0.0365. The molecule has 0 spiro atoms. The zero-order valence-electron chi connectivity index (χ0n) is 14.3. The lowest BCUT2D eigenvalue weighted by Gasteiger charge is -2.20. The number of hydrogen-bond acceptors (Lipinski definition) is 6. The first kappa shape index (κ1) is 19.0. The number of esters is 1. The number of nitrogens with one attached hydrogen (secondary N) is 1. The van der Waals surface area contributed by atoms with Gasteiger partial charge in [0.2, 0.25) is 0 Å². The number of benzene rings is 1. The molecule has 1 rings (SSSR count). The molecule has 0 saturated heterocycles. The summed E-state index contributed by atoms with van der Waals surface area (Å²) in [6, 6.07) is 4.35. The van der Waals surface area contributed by atoms with E-state index in [0.29, 0.717) is 17.1 Å². The van der Waals surface area contributed by atoms with Crippen molar-refractivity contribution in [3.63, 3.8) is 0 Å². The van der Waals surface area contributed by atoms with Crippen molar-refractivity contribution in [2.75, 3.05) is 20.8 Å². The molecule has 128 valence electrons. The van der Waals surface area contributed by atoms with E-state index >= 15 is 0 Å². The first-order chi connectivity index (χ1) is 10.9. The second-order valence-electron chi connectivity index (χ2n) is 5.31. The number of hydrogen-bond donors (Lipinski definition) is 1. The van der Waals surface area contributed by atoms with Crippen LogP contribution in [0.5, 0.6) is 11.5 Å². The van der Waals surface area contributed by atoms with Crippen LogP contribution in [-0.2, 0) is 9.53 Å². The van der Waals surface area contributed by atoms with Crippen LogP contribution in [0, 0.1) is 0 Å². The van der Waals surface area contributed by atoms with Gasteiger partial charge in [-0.15, -0.1) is 0 Å². The van der Waals surface area contributed by atoms with E-state index in [1.165, 1.54) is 14.2 Å². The highest BCUT2D eigenvalue weighted by Crippen LogP contribution is 2.26. The summed E-state index contributed by atoms with van der Waals surface area (Å²) in [6.45, 7) is 5.84. The van der Waals surface area contributed by atoms with Crippen molar-refractivity contribution in [1.29, 1.82) is 0 Å². The van der Waals surface area contributed by atoms with Gasteiger partial charge in [-0.2, -0.15) is 0 Å². The predicted molar refractivity (Wildman–Crippen MR) is 87.2 cm³/mol. The van der Waals surface area contributed by atoms with Gasteiger partial charge >= 0.3 is 5.97 Å². The molecule has 0 fully saturated rings. The molecule has 6 nitrogen and oxygen atoms in total. The lowest BCUT2D eigenvalue weighted by molar-refractivity contribution is -0.143. The second kappa shape index (κ2) is 9.15. The van der Waals surface area contributed by atoms with Crippen LogP contribution in [0.15, 0.2) is 18.2 Å². The van der Waals surface area contributed by atoms with Crippen LogP contribution in [0.2, 0.25) is 0 Å². The molecule has 1 aromatic carbocycles. The quantitative estimate of drug-likeness (QED) is 0.555. The van der Waals surface area contributed by atoms with Crippen LogP contribution in [-0.4, -0.2) is 44.7 Å². The zero-order chi connectivity index (χ0) is 17.4. The summed E-state index contributed by atoms with van der Waals surface area (Å²) in [6.07, 6.45) is -0.0365. The molecule has 0 amide bonds. The Morgan fingerprint density at radius 2 is 1.87 bits per heavy atom. The van der Waals surface area contributed by atoms with Gasteiger partial charge in [0.15, 0.2) is 5.78 Å². The minimum atomic E-state index is -0.685. The molecule has 1 atom stereocenters. The smallest absolute Gasteiger partial charge is 0.307 e. The Morgan fingerprint density at radius 3 is 2.39 bits per heavy atom. The molecular formula is C17H25NO5. The molecule has 1 aromatic rings. The maximum atomic E-state index is 12.9. The molecule has 0 bridgehead atoms. The number of ketones is 1. The van der Waals surface area contributed by atoms with Crippen molar-refractivity contribution in [3.8, 4) is 11.5 Å². The van der Waals surface area contributed by atoms with Gasteiger partial charge in [0.1, 0.15) is 11.5 Å². The van der Waals surface area contributed by atoms with Crippen LogP contribution in [0.4, 0.5) is 0 Å². The normalized spacial score (nSPS) is 11.9. The van der Waals surface area contributed by atoms with Crippen molar-refractivity contribution < 1.29 is 23.8 Å². The lowest BCUT2D eigenvalue weighted by Crippen LogP contribution is -2.42. The Kier molecular flexibility index (Phi) is 7.54. The molecule has 23 heavy (non-hydrogen) atoms. The highest BCUT2D eigenvalue weighted by molar-refractivity contribution is 6.04. The molecule has 0 aliphatic carbocycles. The summed E-state index contributed by atoms with van der Waals surface area (Å²) < 4.78 is 15.4. The fourth-order valence-electron chi connectivity index (χ4n) is 2.21. The van der Waals surface area contributed by atoms with Crippen LogP contribution >= 0.6 is 0 Å². The summed E-state index contributed by atoms with van der Waals surface area (Å²) >= 11 is 0. The van der Waals surface area contributed by atoms with E-state index in [2.05, 4.69) is 5.32 Å². The molecule has 0 radical (unpaired) electrons. The van der Waals surface area contributed by atoms with Gasteiger partial charge < -0.3 is 19.5 Å². The number of methoxy groups -OCH3 is 2. The molecule has 6 heteroatoms. The molecular weight excluding hydrogens is 298 g/mol. The van der Waals surface area contributed by atoms with Crippen molar-refractivity contribution in [2.45, 2.75) is 39.3 Å². The summed E-state index contributed by atoms with van der Waals surface area (Å²) in [4.78, 5) is 24.6.